The average Bonchev–Trinajstić information content (AvgIpc) is 3.14. The van der Waals surface area contributed by atoms with E-state index in [9.17, 15) is 0 Å². The lowest BCUT2D eigenvalue weighted by Crippen LogP contribution is -2.27. The van der Waals surface area contributed by atoms with Gasteiger partial charge in [0.1, 0.15) is 11.5 Å². The van der Waals surface area contributed by atoms with Crippen molar-refractivity contribution in [1.29, 1.82) is 0 Å². The zero-order chi connectivity index (χ0) is 21.7. The largest absolute Gasteiger partial charge is 0.321 e. The molecule has 1 fully saturated rings. The predicted octanol–water partition coefficient (Wildman–Crippen LogP) is 5.08. The third kappa shape index (κ3) is 3.32. The number of pyridine rings is 2. The van der Waals surface area contributed by atoms with Gasteiger partial charge in [0.25, 0.3) is 0 Å². The van der Waals surface area contributed by atoms with Crippen molar-refractivity contribution in [3.63, 3.8) is 0 Å². The van der Waals surface area contributed by atoms with Crippen molar-refractivity contribution in [2.45, 2.75) is 58.0 Å². The molecule has 5 heterocycles. The molecular weight excluding hydrogens is 398 g/mol. The highest BCUT2D eigenvalue weighted by Gasteiger charge is 2.25. The first-order valence-corrected chi connectivity index (χ1v) is 11.8. The van der Waals surface area contributed by atoms with Crippen molar-refractivity contribution in [3.05, 3.63) is 48.0 Å². The molecule has 1 aliphatic heterocycles. The van der Waals surface area contributed by atoms with Crippen molar-refractivity contribution in [2.24, 2.45) is 5.92 Å². The molecule has 6 rings (SSSR count). The Morgan fingerprint density at radius 2 is 1.88 bits per heavy atom. The summed E-state index contributed by atoms with van der Waals surface area (Å²) in [7, 11) is 0. The summed E-state index contributed by atoms with van der Waals surface area (Å²) >= 11 is 0. The van der Waals surface area contributed by atoms with Crippen LogP contribution >= 0.6 is 0 Å². The van der Waals surface area contributed by atoms with Crippen molar-refractivity contribution < 1.29 is 0 Å². The summed E-state index contributed by atoms with van der Waals surface area (Å²) in [5, 5.41) is 9.07. The molecular formula is C25H29N7. The zero-order valence-corrected chi connectivity index (χ0v) is 18.7. The van der Waals surface area contributed by atoms with Crippen LogP contribution in [0.25, 0.3) is 21.9 Å². The maximum Gasteiger partial charge on any atom is 0.230 e. The first-order valence-electron chi connectivity index (χ1n) is 11.8. The van der Waals surface area contributed by atoms with E-state index in [0.717, 1.165) is 47.1 Å². The van der Waals surface area contributed by atoms with Crippen LogP contribution in [0.3, 0.4) is 0 Å². The van der Waals surface area contributed by atoms with E-state index in [0.29, 0.717) is 17.9 Å². The molecule has 4 aromatic rings. The molecule has 1 atom stereocenters. The third-order valence-corrected chi connectivity index (χ3v) is 7.18. The second-order valence-electron chi connectivity index (χ2n) is 9.51. The van der Waals surface area contributed by atoms with Crippen LogP contribution in [0, 0.1) is 5.92 Å². The van der Waals surface area contributed by atoms with Gasteiger partial charge in [0.05, 0.1) is 17.4 Å². The molecule has 1 saturated carbocycles. The van der Waals surface area contributed by atoms with Crippen molar-refractivity contribution in [3.8, 4) is 0 Å². The SMILES string of the molecule is C[C@H]1CNCc2ccc(Nc3ncc4c5ccncc5n([C@H]5CC[C@H](C)CC5)c4n3)nc21. The first-order chi connectivity index (χ1) is 15.7. The van der Waals surface area contributed by atoms with Gasteiger partial charge in [0, 0.05) is 48.2 Å². The number of aromatic nitrogens is 5. The molecule has 0 radical (unpaired) electrons. The van der Waals surface area contributed by atoms with Crippen molar-refractivity contribution in [1.82, 2.24) is 29.8 Å². The molecule has 0 unspecified atom stereocenters. The Bertz CT molecular complexity index is 1290. The van der Waals surface area contributed by atoms with Gasteiger partial charge >= 0.3 is 0 Å². The fourth-order valence-corrected chi connectivity index (χ4v) is 5.38. The van der Waals surface area contributed by atoms with Crippen LogP contribution in [0.15, 0.2) is 36.8 Å². The van der Waals surface area contributed by atoms with E-state index < -0.39 is 0 Å². The molecule has 2 N–H and O–H groups in total. The minimum absolute atomic E-state index is 0.396. The third-order valence-electron chi connectivity index (χ3n) is 7.18. The summed E-state index contributed by atoms with van der Waals surface area (Å²) in [6.07, 6.45) is 10.7. The molecule has 32 heavy (non-hydrogen) atoms. The van der Waals surface area contributed by atoms with E-state index in [2.05, 4.69) is 51.1 Å². The monoisotopic (exact) mass is 427 g/mol. The Morgan fingerprint density at radius 3 is 2.75 bits per heavy atom. The van der Waals surface area contributed by atoms with Gasteiger partial charge in [-0.15, -0.1) is 0 Å². The van der Waals surface area contributed by atoms with Gasteiger partial charge in [0.2, 0.25) is 5.95 Å². The highest BCUT2D eigenvalue weighted by atomic mass is 15.2. The minimum Gasteiger partial charge on any atom is -0.321 e. The second-order valence-corrected chi connectivity index (χ2v) is 9.51. The molecule has 0 amide bonds. The quantitative estimate of drug-likeness (QED) is 0.475. The maximum atomic E-state index is 4.99. The van der Waals surface area contributed by atoms with Gasteiger partial charge in [-0.25, -0.2) is 9.97 Å². The summed E-state index contributed by atoms with van der Waals surface area (Å²) in [5.74, 6) is 2.59. The Hall–Kier alpha value is -3.06. The summed E-state index contributed by atoms with van der Waals surface area (Å²) in [6.45, 7) is 6.40. The van der Waals surface area contributed by atoms with Gasteiger partial charge < -0.3 is 15.2 Å². The van der Waals surface area contributed by atoms with E-state index >= 15 is 0 Å². The fourth-order valence-electron chi connectivity index (χ4n) is 5.38. The lowest BCUT2D eigenvalue weighted by atomic mass is 9.87. The first kappa shape index (κ1) is 19.6. The zero-order valence-electron chi connectivity index (χ0n) is 18.7. The predicted molar refractivity (Wildman–Crippen MR) is 127 cm³/mol. The molecule has 0 saturated heterocycles. The molecule has 0 spiro atoms. The molecule has 164 valence electrons. The fraction of sp³-hybridized carbons (Fsp3) is 0.440. The molecule has 4 aromatic heterocycles. The number of nitrogens with one attached hydrogen (secondary N) is 2. The molecule has 7 heteroatoms. The summed E-state index contributed by atoms with van der Waals surface area (Å²) in [5.41, 5.74) is 4.57. The number of anilines is 2. The Balaban J connectivity index is 1.41. The van der Waals surface area contributed by atoms with Crippen LogP contribution in [0.4, 0.5) is 11.8 Å². The Labute approximate surface area is 187 Å². The second kappa shape index (κ2) is 7.81. The van der Waals surface area contributed by atoms with Gasteiger partial charge in [-0.3, -0.25) is 4.98 Å². The van der Waals surface area contributed by atoms with Gasteiger partial charge in [0.15, 0.2) is 0 Å². The van der Waals surface area contributed by atoms with Crippen LogP contribution < -0.4 is 10.6 Å². The number of rotatable bonds is 3. The lowest BCUT2D eigenvalue weighted by Gasteiger charge is -2.28. The average molecular weight is 428 g/mol. The molecule has 7 nitrogen and oxygen atoms in total. The molecule has 0 bridgehead atoms. The van der Waals surface area contributed by atoms with E-state index in [-0.39, 0.29) is 0 Å². The van der Waals surface area contributed by atoms with Crippen molar-refractivity contribution in [2.75, 3.05) is 11.9 Å². The van der Waals surface area contributed by atoms with E-state index in [1.165, 1.54) is 36.6 Å². The maximum absolute atomic E-state index is 4.99. The molecule has 1 aliphatic carbocycles. The lowest BCUT2D eigenvalue weighted by molar-refractivity contribution is 0.298. The van der Waals surface area contributed by atoms with Crippen LogP contribution in [-0.4, -0.2) is 31.0 Å². The van der Waals surface area contributed by atoms with Gasteiger partial charge in [-0.2, -0.15) is 4.98 Å². The summed E-state index contributed by atoms with van der Waals surface area (Å²) in [4.78, 5) is 18.9. The highest BCUT2D eigenvalue weighted by molar-refractivity contribution is 6.06. The van der Waals surface area contributed by atoms with E-state index in [1.807, 2.05) is 24.7 Å². The van der Waals surface area contributed by atoms with Crippen LogP contribution in [0.5, 0.6) is 0 Å². The smallest absolute Gasteiger partial charge is 0.230 e. The minimum atomic E-state index is 0.396. The molecule has 2 aliphatic rings. The summed E-state index contributed by atoms with van der Waals surface area (Å²) < 4.78 is 2.41. The van der Waals surface area contributed by atoms with Gasteiger partial charge in [-0.05, 0) is 49.3 Å². The normalized spacial score (nSPS) is 23.4. The number of hydrogen-bond acceptors (Lipinski definition) is 6. The standard InChI is InChI=1S/C25H29N7/c1-15-3-6-18(7-4-15)32-21-14-26-10-9-19(21)20-13-28-25(31-24(20)32)30-22-8-5-17-12-27-11-16(2)23(17)29-22/h5,8-10,13-16,18,27H,3-4,6-7,11-12H2,1-2H3,(H,28,29,30,31)/t15-,16-,18-/m0/s1. The van der Waals surface area contributed by atoms with Gasteiger partial charge in [-0.1, -0.05) is 19.9 Å². The Kier molecular flexibility index (Phi) is 4.79. The van der Waals surface area contributed by atoms with E-state index in [4.69, 9.17) is 9.97 Å². The van der Waals surface area contributed by atoms with Crippen LogP contribution in [0.1, 0.15) is 62.7 Å². The number of hydrogen-bond donors (Lipinski definition) is 2. The highest BCUT2D eigenvalue weighted by Crippen LogP contribution is 2.38. The van der Waals surface area contributed by atoms with Crippen LogP contribution in [0.2, 0.25) is 0 Å². The number of nitrogens with zero attached hydrogens (tertiary/aromatic N) is 5. The topological polar surface area (TPSA) is 80.5 Å². The Morgan fingerprint density at radius 1 is 1.00 bits per heavy atom. The number of fused-ring (bicyclic) bond motifs is 4. The van der Waals surface area contributed by atoms with E-state index in [1.54, 1.807) is 0 Å². The summed E-state index contributed by atoms with van der Waals surface area (Å²) in [6, 6.07) is 6.70. The van der Waals surface area contributed by atoms with Crippen molar-refractivity contribution >= 4 is 33.7 Å². The molecule has 0 aromatic carbocycles. The van der Waals surface area contributed by atoms with Crippen LogP contribution in [-0.2, 0) is 6.54 Å².